The summed E-state index contributed by atoms with van der Waals surface area (Å²) in [6, 6.07) is 2.26. The van der Waals surface area contributed by atoms with Gasteiger partial charge in [-0.15, -0.1) is 0 Å². The fourth-order valence-electron chi connectivity index (χ4n) is 2.34. The Morgan fingerprint density at radius 1 is 1.41 bits per heavy atom. The van der Waals surface area contributed by atoms with Gasteiger partial charge in [-0.2, -0.15) is 5.26 Å². The molecule has 4 heteroatoms. The van der Waals surface area contributed by atoms with Gasteiger partial charge >= 0.3 is 0 Å². The molecule has 0 spiro atoms. The van der Waals surface area contributed by atoms with Gasteiger partial charge in [0.15, 0.2) is 0 Å². The van der Waals surface area contributed by atoms with Crippen molar-refractivity contribution >= 4 is 5.91 Å². The first kappa shape index (κ1) is 14.0. The zero-order valence-corrected chi connectivity index (χ0v) is 10.9. The summed E-state index contributed by atoms with van der Waals surface area (Å²) in [6.45, 7) is 3.70. The Balaban J connectivity index is 2.56. The lowest BCUT2D eigenvalue weighted by Gasteiger charge is -2.33. The minimum atomic E-state index is -0.765. The second-order valence-corrected chi connectivity index (χ2v) is 4.68. The molecule has 4 nitrogen and oxygen atoms in total. The predicted molar refractivity (Wildman–Crippen MR) is 65.3 cm³/mol. The number of likely N-dealkylation sites (N-methyl/N-ethyl adjacent to an activating group) is 1. The second kappa shape index (κ2) is 6.61. The summed E-state index contributed by atoms with van der Waals surface area (Å²) in [5.41, 5.74) is -0.765. The van der Waals surface area contributed by atoms with Gasteiger partial charge in [0, 0.05) is 20.2 Å². The molecule has 1 amide bonds. The van der Waals surface area contributed by atoms with Crippen LogP contribution in [-0.4, -0.2) is 37.6 Å². The van der Waals surface area contributed by atoms with Gasteiger partial charge in [0.2, 0.25) is 5.91 Å². The number of ether oxygens (including phenoxy) is 1. The van der Waals surface area contributed by atoms with E-state index < -0.39 is 5.41 Å². The van der Waals surface area contributed by atoms with Crippen molar-refractivity contribution in [2.75, 3.05) is 26.8 Å². The highest BCUT2D eigenvalue weighted by Gasteiger charge is 2.41. The smallest absolute Gasteiger partial charge is 0.242 e. The quantitative estimate of drug-likeness (QED) is 0.688. The van der Waals surface area contributed by atoms with Crippen molar-refractivity contribution in [3.05, 3.63) is 0 Å². The third-order valence-corrected chi connectivity index (χ3v) is 3.45. The third-order valence-electron chi connectivity index (χ3n) is 3.45. The molecule has 1 fully saturated rings. The molecule has 0 aromatic heterocycles. The summed E-state index contributed by atoms with van der Waals surface area (Å²) in [4.78, 5) is 13.9. The van der Waals surface area contributed by atoms with Crippen LogP contribution in [0.1, 0.15) is 39.0 Å². The summed E-state index contributed by atoms with van der Waals surface area (Å²) < 4.78 is 5.23. The molecule has 17 heavy (non-hydrogen) atoms. The molecular weight excluding hydrogens is 216 g/mol. The first-order valence-corrected chi connectivity index (χ1v) is 6.41. The molecule has 1 saturated carbocycles. The van der Waals surface area contributed by atoms with E-state index in [2.05, 4.69) is 6.07 Å². The number of carbonyl (C=O) groups excluding carboxylic acids is 1. The Hall–Kier alpha value is -1.08. The molecule has 1 rings (SSSR count). The molecule has 1 aliphatic rings. The van der Waals surface area contributed by atoms with Gasteiger partial charge in [-0.1, -0.05) is 19.3 Å². The minimum Gasteiger partial charge on any atom is -0.380 e. The monoisotopic (exact) mass is 238 g/mol. The van der Waals surface area contributed by atoms with Crippen LogP contribution < -0.4 is 0 Å². The SMILES string of the molecule is CCOCCN(C)C(=O)C1(C#N)CCCCC1. The average Bonchev–Trinajstić information content (AvgIpc) is 2.38. The number of nitriles is 1. The molecule has 0 heterocycles. The Kier molecular flexibility index (Phi) is 5.43. The maximum absolute atomic E-state index is 12.3. The van der Waals surface area contributed by atoms with E-state index in [1.165, 1.54) is 0 Å². The fraction of sp³-hybridized carbons (Fsp3) is 0.846. The number of nitrogens with zero attached hydrogens (tertiary/aromatic N) is 2. The van der Waals surface area contributed by atoms with E-state index in [0.717, 1.165) is 19.3 Å². The summed E-state index contributed by atoms with van der Waals surface area (Å²) in [5, 5.41) is 9.30. The van der Waals surface area contributed by atoms with Crippen LogP contribution in [-0.2, 0) is 9.53 Å². The minimum absolute atomic E-state index is 0.0283. The van der Waals surface area contributed by atoms with E-state index in [4.69, 9.17) is 4.74 Å². The molecule has 0 radical (unpaired) electrons. The van der Waals surface area contributed by atoms with Crippen LogP contribution in [0.3, 0.4) is 0 Å². The van der Waals surface area contributed by atoms with Crippen LogP contribution >= 0.6 is 0 Å². The number of rotatable bonds is 5. The van der Waals surface area contributed by atoms with Crippen LogP contribution in [0.15, 0.2) is 0 Å². The van der Waals surface area contributed by atoms with Crippen molar-refractivity contribution in [2.24, 2.45) is 5.41 Å². The van der Waals surface area contributed by atoms with Crippen molar-refractivity contribution in [1.29, 1.82) is 5.26 Å². The molecule has 0 aromatic rings. The maximum atomic E-state index is 12.3. The highest BCUT2D eigenvalue weighted by atomic mass is 16.5. The topological polar surface area (TPSA) is 53.3 Å². The number of hydrogen-bond acceptors (Lipinski definition) is 3. The second-order valence-electron chi connectivity index (χ2n) is 4.68. The van der Waals surface area contributed by atoms with Gasteiger partial charge in [-0.3, -0.25) is 4.79 Å². The predicted octanol–water partition coefficient (Wildman–Crippen LogP) is 1.96. The molecule has 0 aliphatic heterocycles. The van der Waals surface area contributed by atoms with E-state index in [9.17, 15) is 10.1 Å². The van der Waals surface area contributed by atoms with Crippen molar-refractivity contribution < 1.29 is 9.53 Å². The Morgan fingerprint density at radius 2 is 2.06 bits per heavy atom. The highest BCUT2D eigenvalue weighted by Crippen LogP contribution is 2.37. The van der Waals surface area contributed by atoms with Gasteiger partial charge in [-0.05, 0) is 19.8 Å². The van der Waals surface area contributed by atoms with Crippen molar-refractivity contribution in [3.63, 3.8) is 0 Å². The molecular formula is C13H22N2O2. The van der Waals surface area contributed by atoms with E-state index >= 15 is 0 Å². The lowest BCUT2D eigenvalue weighted by Crippen LogP contribution is -2.43. The van der Waals surface area contributed by atoms with Crippen LogP contribution in [0, 0.1) is 16.7 Å². The highest BCUT2D eigenvalue weighted by molar-refractivity contribution is 5.85. The lowest BCUT2D eigenvalue weighted by molar-refractivity contribution is -0.139. The van der Waals surface area contributed by atoms with Gasteiger partial charge in [0.05, 0.1) is 12.7 Å². The molecule has 0 aromatic carbocycles. The molecule has 1 aliphatic carbocycles. The molecule has 96 valence electrons. The van der Waals surface area contributed by atoms with Gasteiger partial charge in [0.25, 0.3) is 0 Å². The Morgan fingerprint density at radius 3 is 2.59 bits per heavy atom. The molecule has 0 saturated heterocycles. The van der Waals surface area contributed by atoms with E-state index in [1.807, 2.05) is 6.92 Å². The van der Waals surface area contributed by atoms with Gasteiger partial charge < -0.3 is 9.64 Å². The average molecular weight is 238 g/mol. The third kappa shape index (κ3) is 3.44. The molecule has 0 bridgehead atoms. The summed E-state index contributed by atoms with van der Waals surface area (Å²) >= 11 is 0. The summed E-state index contributed by atoms with van der Waals surface area (Å²) in [5.74, 6) is -0.0283. The molecule has 0 atom stereocenters. The van der Waals surface area contributed by atoms with Crippen molar-refractivity contribution in [2.45, 2.75) is 39.0 Å². The first-order valence-electron chi connectivity index (χ1n) is 6.41. The van der Waals surface area contributed by atoms with Gasteiger partial charge in [0.1, 0.15) is 5.41 Å². The number of carbonyl (C=O) groups is 1. The largest absolute Gasteiger partial charge is 0.380 e. The van der Waals surface area contributed by atoms with Crippen LogP contribution in [0.25, 0.3) is 0 Å². The van der Waals surface area contributed by atoms with Crippen molar-refractivity contribution in [1.82, 2.24) is 4.90 Å². The normalized spacial score (nSPS) is 18.4. The Bertz CT molecular complexity index is 290. The maximum Gasteiger partial charge on any atom is 0.242 e. The first-order chi connectivity index (χ1) is 8.16. The molecule has 0 unspecified atom stereocenters. The number of amides is 1. The van der Waals surface area contributed by atoms with Crippen LogP contribution in [0.4, 0.5) is 0 Å². The lowest BCUT2D eigenvalue weighted by atomic mass is 9.74. The van der Waals surface area contributed by atoms with Gasteiger partial charge in [-0.25, -0.2) is 0 Å². The van der Waals surface area contributed by atoms with E-state index in [0.29, 0.717) is 32.6 Å². The van der Waals surface area contributed by atoms with Crippen molar-refractivity contribution in [3.8, 4) is 6.07 Å². The zero-order valence-electron chi connectivity index (χ0n) is 10.9. The van der Waals surface area contributed by atoms with E-state index in [-0.39, 0.29) is 5.91 Å². The fourth-order valence-corrected chi connectivity index (χ4v) is 2.34. The number of hydrogen-bond donors (Lipinski definition) is 0. The standard InChI is InChI=1S/C13H22N2O2/c1-3-17-10-9-15(2)12(16)13(11-14)7-5-4-6-8-13/h3-10H2,1-2H3. The molecule has 0 N–H and O–H groups in total. The summed E-state index contributed by atoms with van der Waals surface area (Å²) in [7, 11) is 1.76. The van der Waals surface area contributed by atoms with E-state index in [1.54, 1.807) is 11.9 Å². The Labute approximate surface area is 104 Å². The van der Waals surface area contributed by atoms with Crippen LogP contribution in [0.5, 0.6) is 0 Å². The zero-order chi connectivity index (χ0) is 12.7. The van der Waals surface area contributed by atoms with Crippen LogP contribution in [0.2, 0.25) is 0 Å². The summed E-state index contributed by atoms with van der Waals surface area (Å²) in [6.07, 6.45) is 4.53.